The Kier molecular flexibility index (Phi) is 4.84. The van der Waals surface area contributed by atoms with Gasteiger partial charge >= 0.3 is 7.48 Å². The van der Waals surface area contributed by atoms with E-state index in [1.165, 1.54) is 12.8 Å². The van der Waals surface area contributed by atoms with E-state index in [2.05, 4.69) is 11.0 Å². The van der Waals surface area contributed by atoms with Crippen LogP contribution in [0.4, 0.5) is 5.69 Å². The Morgan fingerprint density at radius 2 is 1.86 bits per heavy atom. The molecular weight excluding hydrogens is 275 g/mol. The van der Waals surface area contributed by atoms with E-state index in [1.807, 2.05) is 32.0 Å². The molecule has 1 fully saturated rings. The third-order valence-corrected chi connectivity index (χ3v) is 4.55. The molecule has 1 aromatic carbocycles. The summed E-state index contributed by atoms with van der Waals surface area (Å²) in [5.74, 6) is 0. The SMILES string of the molecule is CC(C)(O)C(C)(C)O[B]c1ccc(N2CCCC2)c(C#N)c1. The zero-order chi connectivity index (χ0) is 16.4. The van der Waals surface area contributed by atoms with Gasteiger partial charge < -0.3 is 14.7 Å². The lowest BCUT2D eigenvalue weighted by atomic mass is 9.82. The Bertz CT molecular complexity index is 567. The fourth-order valence-corrected chi connectivity index (χ4v) is 2.31. The van der Waals surface area contributed by atoms with Gasteiger partial charge in [0.15, 0.2) is 0 Å². The van der Waals surface area contributed by atoms with E-state index in [0.717, 1.165) is 24.2 Å². The standard InChI is InChI=1S/C17H24BN2O2/c1-16(2,21)17(3,4)22-18-14-7-8-15(13(11-14)12-19)20-9-5-6-10-20/h7-8,11,21H,5-6,9-10H2,1-4H3. The Labute approximate surface area is 134 Å². The zero-order valence-corrected chi connectivity index (χ0v) is 13.9. The van der Waals surface area contributed by atoms with Crippen molar-refractivity contribution in [3.05, 3.63) is 23.8 Å². The van der Waals surface area contributed by atoms with Crippen LogP contribution in [-0.4, -0.2) is 36.9 Å². The maximum Gasteiger partial charge on any atom is 0.330 e. The number of anilines is 1. The summed E-state index contributed by atoms with van der Waals surface area (Å²) in [4.78, 5) is 2.25. The van der Waals surface area contributed by atoms with Crippen LogP contribution in [-0.2, 0) is 4.65 Å². The molecule has 2 rings (SSSR count). The molecule has 0 aromatic heterocycles. The van der Waals surface area contributed by atoms with Crippen molar-refractivity contribution in [3.8, 4) is 6.07 Å². The van der Waals surface area contributed by atoms with E-state index in [4.69, 9.17) is 4.65 Å². The van der Waals surface area contributed by atoms with Crippen LogP contribution in [0.1, 0.15) is 46.1 Å². The number of nitriles is 1. The predicted octanol–water partition coefficient (Wildman–Crippen LogP) is 1.97. The molecule has 1 N–H and O–H groups in total. The fourth-order valence-electron chi connectivity index (χ4n) is 2.31. The van der Waals surface area contributed by atoms with E-state index >= 15 is 0 Å². The highest BCUT2D eigenvalue weighted by molar-refractivity contribution is 6.47. The Morgan fingerprint density at radius 3 is 2.41 bits per heavy atom. The maximum atomic E-state index is 10.1. The van der Waals surface area contributed by atoms with E-state index in [9.17, 15) is 10.4 Å². The summed E-state index contributed by atoms with van der Waals surface area (Å²) >= 11 is 0. The van der Waals surface area contributed by atoms with Gasteiger partial charge in [0, 0.05) is 13.1 Å². The molecule has 0 unspecified atom stereocenters. The highest BCUT2D eigenvalue weighted by Crippen LogP contribution is 2.25. The molecule has 117 valence electrons. The zero-order valence-electron chi connectivity index (χ0n) is 13.9. The number of nitrogens with zero attached hydrogens (tertiary/aromatic N) is 2. The first-order chi connectivity index (χ1) is 10.2. The molecule has 0 aliphatic carbocycles. The van der Waals surface area contributed by atoms with Crippen LogP contribution < -0.4 is 10.4 Å². The minimum absolute atomic E-state index is 0.667. The minimum Gasteiger partial charge on any atom is -0.427 e. The Hall–Kier alpha value is -1.51. The van der Waals surface area contributed by atoms with Crippen molar-refractivity contribution in [2.75, 3.05) is 18.0 Å². The van der Waals surface area contributed by atoms with Crippen LogP contribution >= 0.6 is 0 Å². The molecule has 5 heteroatoms. The molecule has 1 heterocycles. The van der Waals surface area contributed by atoms with Crippen molar-refractivity contribution in [3.63, 3.8) is 0 Å². The van der Waals surface area contributed by atoms with Crippen molar-refractivity contribution in [1.82, 2.24) is 0 Å². The van der Waals surface area contributed by atoms with Gasteiger partial charge in [-0.2, -0.15) is 5.26 Å². The summed E-state index contributed by atoms with van der Waals surface area (Å²) in [6.07, 6.45) is 2.36. The molecule has 4 nitrogen and oxygen atoms in total. The summed E-state index contributed by atoms with van der Waals surface area (Å²) < 4.78 is 5.75. The van der Waals surface area contributed by atoms with Gasteiger partial charge in [0.05, 0.1) is 22.5 Å². The van der Waals surface area contributed by atoms with Crippen LogP contribution in [0.15, 0.2) is 18.2 Å². The molecule has 1 saturated heterocycles. The number of aliphatic hydroxyl groups is 1. The van der Waals surface area contributed by atoms with Gasteiger partial charge in [0.1, 0.15) is 6.07 Å². The topological polar surface area (TPSA) is 56.5 Å². The molecule has 22 heavy (non-hydrogen) atoms. The molecule has 0 amide bonds. The quantitative estimate of drug-likeness (QED) is 0.845. The molecule has 1 aliphatic heterocycles. The summed E-state index contributed by atoms with van der Waals surface area (Å²) in [6, 6.07) is 8.05. The van der Waals surface area contributed by atoms with Gasteiger partial charge in [0.25, 0.3) is 0 Å². The van der Waals surface area contributed by atoms with Crippen molar-refractivity contribution >= 4 is 18.6 Å². The highest BCUT2D eigenvalue weighted by atomic mass is 16.5. The molecular formula is C17H24BN2O2. The molecule has 0 saturated carbocycles. The monoisotopic (exact) mass is 299 g/mol. The largest absolute Gasteiger partial charge is 0.427 e. The van der Waals surface area contributed by atoms with Crippen LogP contribution in [0, 0.1) is 11.3 Å². The molecule has 1 aliphatic rings. The molecule has 0 atom stereocenters. The second-order valence-electron chi connectivity index (χ2n) is 6.89. The summed E-state index contributed by atoms with van der Waals surface area (Å²) in [7, 11) is 1.62. The van der Waals surface area contributed by atoms with E-state index in [-0.39, 0.29) is 0 Å². The van der Waals surface area contributed by atoms with Gasteiger partial charge in [-0.1, -0.05) is 11.5 Å². The third kappa shape index (κ3) is 3.63. The van der Waals surface area contributed by atoms with Crippen LogP contribution in [0.2, 0.25) is 0 Å². The average molecular weight is 299 g/mol. The first kappa shape index (κ1) is 16.9. The second kappa shape index (κ2) is 6.32. The van der Waals surface area contributed by atoms with Crippen LogP contribution in [0.3, 0.4) is 0 Å². The van der Waals surface area contributed by atoms with Gasteiger partial charge in [0.2, 0.25) is 0 Å². The van der Waals surface area contributed by atoms with E-state index in [1.54, 1.807) is 21.3 Å². The lowest BCUT2D eigenvalue weighted by molar-refractivity contribution is -0.0893. The van der Waals surface area contributed by atoms with Gasteiger partial charge in [-0.3, -0.25) is 0 Å². The maximum absolute atomic E-state index is 10.1. The van der Waals surface area contributed by atoms with Gasteiger partial charge in [-0.15, -0.1) is 0 Å². The first-order valence-electron chi connectivity index (χ1n) is 7.77. The summed E-state index contributed by atoms with van der Waals surface area (Å²) in [5, 5.41) is 19.5. The normalized spacial score (nSPS) is 15.7. The number of hydrogen-bond donors (Lipinski definition) is 1. The number of hydrogen-bond acceptors (Lipinski definition) is 4. The lowest BCUT2D eigenvalue weighted by Crippen LogP contribution is -2.49. The van der Waals surface area contributed by atoms with E-state index < -0.39 is 11.2 Å². The van der Waals surface area contributed by atoms with Crippen molar-refractivity contribution in [1.29, 1.82) is 5.26 Å². The third-order valence-electron chi connectivity index (χ3n) is 4.55. The summed E-state index contributed by atoms with van der Waals surface area (Å²) in [5.41, 5.74) is 0.820. The lowest BCUT2D eigenvalue weighted by Gasteiger charge is -2.37. The second-order valence-corrected chi connectivity index (χ2v) is 6.89. The van der Waals surface area contributed by atoms with Gasteiger partial charge in [-0.05, 0) is 52.7 Å². The van der Waals surface area contributed by atoms with Crippen molar-refractivity contribution < 1.29 is 9.76 Å². The van der Waals surface area contributed by atoms with Crippen LogP contribution in [0.25, 0.3) is 0 Å². The predicted molar refractivity (Wildman–Crippen MR) is 89.5 cm³/mol. The highest BCUT2D eigenvalue weighted by Gasteiger charge is 2.35. The van der Waals surface area contributed by atoms with Gasteiger partial charge in [-0.25, -0.2) is 0 Å². The molecule has 0 spiro atoms. The summed E-state index contributed by atoms with van der Waals surface area (Å²) in [6.45, 7) is 9.15. The first-order valence-corrected chi connectivity index (χ1v) is 7.77. The van der Waals surface area contributed by atoms with E-state index in [0.29, 0.717) is 5.56 Å². The molecule has 1 aromatic rings. The fraction of sp³-hybridized carbons (Fsp3) is 0.588. The molecule has 1 radical (unpaired) electrons. The smallest absolute Gasteiger partial charge is 0.330 e. The number of benzene rings is 1. The van der Waals surface area contributed by atoms with Crippen LogP contribution in [0.5, 0.6) is 0 Å². The minimum atomic E-state index is -0.961. The average Bonchev–Trinajstić information content (AvgIpc) is 2.97. The Balaban J connectivity index is 2.12. The molecule has 0 bridgehead atoms. The number of rotatable bonds is 5. The Morgan fingerprint density at radius 1 is 1.23 bits per heavy atom. The van der Waals surface area contributed by atoms with Crippen molar-refractivity contribution in [2.24, 2.45) is 0 Å². The van der Waals surface area contributed by atoms with Crippen molar-refractivity contribution in [2.45, 2.75) is 51.7 Å².